The lowest BCUT2D eigenvalue weighted by Crippen LogP contribution is -2.36. The van der Waals surface area contributed by atoms with Crippen LogP contribution in [0.25, 0.3) is 11.7 Å². The molecule has 35 heavy (non-hydrogen) atoms. The molecule has 11 heteroatoms. The van der Waals surface area contributed by atoms with Crippen LogP contribution in [0, 0.1) is 11.3 Å². The molecule has 3 N–H and O–H groups in total. The van der Waals surface area contributed by atoms with E-state index in [0.717, 1.165) is 38.8 Å². The Morgan fingerprint density at radius 1 is 1.17 bits per heavy atom. The largest absolute Gasteiger partial charge is 0.493 e. The SMILES string of the molecule is N#Cc1cccc(C2CCN(c3nc(=NC4CC4)n4ncc(=Cc5[nH]c(=O)[nH]c5O)c4n3)CC2)c1. The van der Waals surface area contributed by atoms with Gasteiger partial charge in [-0.1, -0.05) is 12.1 Å². The summed E-state index contributed by atoms with van der Waals surface area (Å²) in [5.74, 6) is 0.725. The summed E-state index contributed by atoms with van der Waals surface area (Å²) in [7, 11) is 0. The van der Waals surface area contributed by atoms with Gasteiger partial charge < -0.3 is 15.0 Å². The third-order valence-corrected chi connectivity index (χ3v) is 6.51. The van der Waals surface area contributed by atoms with Crippen molar-refractivity contribution in [3.63, 3.8) is 0 Å². The van der Waals surface area contributed by atoms with Gasteiger partial charge in [0.25, 0.3) is 5.62 Å². The van der Waals surface area contributed by atoms with E-state index in [9.17, 15) is 15.2 Å². The summed E-state index contributed by atoms with van der Waals surface area (Å²) in [4.78, 5) is 32.9. The number of hydrogen-bond acceptors (Lipinski definition) is 8. The minimum absolute atomic E-state index is 0.242. The zero-order valence-electron chi connectivity index (χ0n) is 18.8. The Kier molecular flexibility index (Phi) is 5.06. The van der Waals surface area contributed by atoms with Crippen molar-refractivity contribution < 1.29 is 5.11 Å². The number of nitrogens with zero attached hydrogens (tertiary/aromatic N) is 7. The van der Waals surface area contributed by atoms with Crippen molar-refractivity contribution in [1.29, 1.82) is 5.26 Å². The van der Waals surface area contributed by atoms with Crippen LogP contribution in [0.15, 0.2) is 40.2 Å². The number of rotatable bonds is 4. The molecule has 11 nitrogen and oxygen atoms in total. The van der Waals surface area contributed by atoms with Crippen molar-refractivity contribution >= 4 is 17.7 Å². The number of nitriles is 1. The first kappa shape index (κ1) is 21.1. The maximum atomic E-state index is 11.5. The standard InChI is InChI=1S/C24H23N9O2/c25-12-14-2-1-3-16(10-14)15-6-8-32(9-7-15)22-29-20-17(11-19-21(34)30-24(35)28-19)13-26-33(20)23(31-22)27-18-4-5-18/h1-3,10-11,13,15,18,34H,4-9H2,(H2,28,30,35). The number of aromatic nitrogens is 6. The molecule has 176 valence electrons. The lowest BCUT2D eigenvalue weighted by molar-refractivity contribution is 0.454. The predicted octanol–water partition coefficient (Wildman–Crippen LogP) is 0.713. The molecule has 0 atom stereocenters. The minimum atomic E-state index is -0.492. The van der Waals surface area contributed by atoms with E-state index in [0.29, 0.717) is 33.9 Å². The van der Waals surface area contributed by atoms with Crippen molar-refractivity contribution in [3.8, 4) is 11.9 Å². The summed E-state index contributed by atoms with van der Waals surface area (Å²) < 4.78 is 1.61. The Balaban J connectivity index is 1.36. The topological polar surface area (TPSA) is 151 Å². The number of hydrogen-bond donors (Lipinski definition) is 3. The molecule has 2 aliphatic rings. The van der Waals surface area contributed by atoms with Crippen LogP contribution < -0.4 is 21.4 Å². The molecular formula is C24H23N9O2. The van der Waals surface area contributed by atoms with Gasteiger partial charge in [0.15, 0.2) is 5.65 Å². The Morgan fingerprint density at radius 3 is 2.71 bits per heavy atom. The molecule has 6 rings (SSSR count). The fourth-order valence-electron chi connectivity index (χ4n) is 4.49. The number of imidazole rings is 1. The molecule has 0 bridgehead atoms. The molecular weight excluding hydrogens is 446 g/mol. The van der Waals surface area contributed by atoms with Gasteiger partial charge in [0.2, 0.25) is 11.8 Å². The van der Waals surface area contributed by atoms with Crippen LogP contribution in [0.2, 0.25) is 0 Å². The molecule has 3 aromatic heterocycles. The van der Waals surface area contributed by atoms with Gasteiger partial charge >= 0.3 is 5.69 Å². The number of H-pyrrole nitrogens is 2. The fourth-order valence-corrected chi connectivity index (χ4v) is 4.49. The maximum absolute atomic E-state index is 11.5. The molecule has 0 unspecified atom stereocenters. The second kappa shape index (κ2) is 8.39. The highest BCUT2D eigenvalue weighted by molar-refractivity contribution is 5.57. The smallest absolute Gasteiger partial charge is 0.326 e. The number of aromatic hydroxyl groups is 1. The van der Waals surface area contributed by atoms with Gasteiger partial charge in [0.05, 0.1) is 23.9 Å². The summed E-state index contributed by atoms with van der Waals surface area (Å²) in [6.45, 7) is 1.55. The van der Waals surface area contributed by atoms with E-state index >= 15 is 0 Å². The summed E-state index contributed by atoms with van der Waals surface area (Å²) in [5.41, 5.74) is 2.70. The van der Waals surface area contributed by atoms with Crippen LogP contribution in [0.3, 0.4) is 0 Å². The number of aromatic amines is 2. The third-order valence-electron chi connectivity index (χ3n) is 6.51. The number of fused-ring (bicyclic) bond motifs is 1. The number of nitrogens with one attached hydrogen (secondary N) is 2. The molecule has 1 saturated carbocycles. The maximum Gasteiger partial charge on any atom is 0.326 e. The molecule has 4 aromatic rings. The van der Waals surface area contributed by atoms with E-state index in [2.05, 4.69) is 32.1 Å². The first-order chi connectivity index (χ1) is 17.1. The third kappa shape index (κ3) is 4.14. The van der Waals surface area contributed by atoms with Crippen LogP contribution >= 0.6 is 0 Å². The van der Waals surface area contributed by atoms with Crippen molar-refractivity contribution in [2.24, 2.45) is 4.99 Å². The zero-order valence-corrected chi connectivity index (χ0v) is 18.8. The molecule has 1 aliphatic carbocycles. The fraction of sp³-hybridized carbons (Fsp3) is 0.333. The molecule has 4 heterocycles. The molecule has 1 aromatic carbocycles. The molecule has 1 aliphatic heterocycles. The van der Waals surface area contributed by atoms with Crippen molar-refractivity contribution in [2.45, 2.75) is 37.6 Å². The molecule has 0 amide bonds. The molecule has 1 saturated heterocycles. The van der Waals surface area contributed by atoms with Gasteiger partial charge in [-0.15, -0.1) is 0 Å². The Bertz CT molecular complexity index is 1630. The van der Waals surface area contributed by atoms with Gasteiger partial charge in [0.1, 0.15) is 5.69 Å². The van der Waals surface area contributed by atoms with Gasteiger partial charge in [-0.2, -0.15) is 24.8 Å². The van der Waals surface area contributed by atoms with Gasteiger partial charge in [-0.05, 0) is 55.4 Å². The number of benzene rings is 1. The predicted molar refractivity (Wildman–Crippen MR) is 127 cm³/mol. The Hall–Kier alpha value is -4.46. The Labute approximate surface area is 199 Å². The van der Waals surface area contributed by atoms with E-state index in [4.69, 9.17) is 15.0 Å². The van der Waals surface area contributed by atoms with Crippen molar-refractivity contribution in [1.82, 2.24) is 29.5 Å². The highest BCUT2D eigenvalue weighted by Gasteiger charge is 2.25. The average molecular weight is 470 g/mol. The summed E-state index contributed by atoms with van der Waals surface area (Å²) in [5, 5.41) is 24.2. The van der Waals surface area contributed by atoms with Crippen LogP contribution in [-0.2, 0) is 0 Å². The minimum Gasteiger partial charge on any atom is -0.493 e. The van der Waals surface area contributed by atoms with E-state index in [-0.39, 0.29) is 17.6 Å². The van der Waals surface area contributed by atoms with Crippen LogP contribution in [0.4, 0.5) is 5.95 Å². The zero-order chi connectivity index (χ0) is 23.9. The molecule has 0 radical (unpaired) electrons. The highest BCUT2D eigenvalue weighted by Crippen LogP contribution is 2.29. The molecule has 2 fully saturated rings. The van der Waals surface area contributed by atoms with Gasteiger partial charge in [0, 0.05) is 18.3 Å². The summed E-state index contributed by atoms with van der Waals surface area (Å²) >= 11 is 0. The lowest BCUT2D eigenvalue weighted by Gasteiger charge is -2.32. The first-order valence-electron chi connectivity index (χ1n) is 11.6. The second-order valence-electron chi connectivity index (χ2n) is 9.00. The van der Waals surface area contributed by atoms with Crippen LogP contribution in [0.5, 0.6) is 5.88 Å². The second-order valence-corrected chi connectivity index (χ2v) is 9.00. The Morgan fingerprint density at radius 2 is 2.00 bits per heavy atom. The van der Waals surface area contributed by atoms with E-state index in [1.165, 1.54) is 5.56 Å². The van der Waals surface area contributed by atoms with E-state index in [1.54, 1.807) is 16.8 Å². The van der Waals surface area contributed by atoms with Gasteiger partial charge in [-0.3, -0.25) is 4.98 Å². The quantitative estimate of drug-likeness (QED) is 0.398. The van der Waals surface area contributed by atoms with Crippen LogP contribution in [0.1, 0.15) is 48.4 Å². The van der Waals surface area contributed by atoms with Gasteiger partial charge in [-0.25, -0.2) is 9.79 Å². The first-order valence-corrected chi connectivity index (χ1v) is 11.6. The normalized spacial score (nSPS) is 17.9. The highest BCUT2D eigenvalue weighted by atomic mass is 16.3. The average Bonchev–Trinajstić information content (AvgIpc) is 3.52. The van der Waals surface area contributed by atoms with Crippen LogP contribution in [-0.4, -0.2) is 53.8 Å². The summed E-state index contributed by atoms with van der Waals surface area (Å²) in [6, 6.07) is 10.3. The van der Waals surface area contributed by atoms with E-state index in [1.807, 2.05) is 18.2 Å². The number of piperidine rings is 1. The van der Waals surface area contributed by atoms with E-state index < -0.39 is 5.69 Å². The molecule has 0 spiro atoms. The van der Waals surface area contributed by atoms with Crippen molar-refractivity contribution in [3.05, 3.63) is 68.6 Å². The number of anilines is 1. The monoisotopic (exact) mass is 469 g/mol. The summed E-state index contributed by atoms with van der Waals surface area (Å²) in [6.07, 6.45) is 7.17. The lowest BCUT2D eigenvalue weighted by atomic mass is 9.89. The van der Waals surface area contributed by atoms with Crippen molar-refractivity contribution in [2.75, 3.05) is 18.0 Å².